The Morgan fingerprint density at radius 2 is 2.11 bits per heavy atom. The standard InChI is InChI=1S/C7H11NS/c1-6-4-7(5-9-6)8(2)3/h4-5H,1-3H3. The molecule has 0 atom stereocenters. The summed E-state index contributed by atoms with van der Waals surface area (Å²) >= 11 is 1.79. The minimum absolute atomic E-state index is 1.30. The van der Waals surface area contributed by atoms with Crippen LogP contribution in [0.15, 0.2) is 11.4 Å². The highest BCUT2D eigenvalue weighted by Gasteiger charge is 1.94. The van der Waals surface area contributed by atoms with E-state index in [0.29, 0.717) is 0 Å². The molecule has 1 aromatic heterocycles. The molecule has 0 saturated carbocycles. The van der Waals surface area contributed by atoms with Gasteiger partial charge in [-0.3, -0.25) is 0 Å². The summed E-state index contributed by atoms with van der Waals surface area (Å²) in [5.74, 6) is 0. The molecule has 50 valence electrons. The number of aryl methyl sites for hydroxylation is 1. The van der Waals surface area contributed by atoms with E-state index in [-0.39, 0.29) is 0 Å². The Balaban J connectivity index is 2.85. The molecular formula is C7H11NS. The van der Waals surface area contributed by atoms with Crippen molar-refractivity contribution in [3.8, 4) is 0 Å². The van der Waals surface area contributed by atoms with Gasteiger partial charge in [-0.15, -0.1) is 11.3 Å². The van der Waals surface area contributed by atoms with Crippen molar-refractivity contribution in [2.45, 2.75) is 6.92 Å². The van der Waals surface area contributed by atoms with Crippen molar-refractivity contribution < 1.29 is 0 Å². The van der Waals surface area contributed by atoms with Gasteiger partial charge in [0, 0.05) is 30.0 Å². The monoisotopic (exact) mass is 141 g/mol. The third kappa shape index (κ3) is 1.45. The first-order valence-electron chi connectivity index (χ1n) is 2.92. The van der Waals surface area contributed by atoms with Crippen molar-refractivity contribution in [1.82, 2.24) is 0 Å². The largest absolute Gasteiger partial charge is 0.377 e. The molecule has 0 aliphatic carbocycles. The van der Waals surface area contributed by atoms with Crippen molar-refractivity contribution in [2.75, 3.05) is 19.0 Å². The van der Waals surface area contributed by atoms with Crippen LogP contribution < -0.4 is 4.90 Å². The molecule has 0 aliphatic rings. The van der Waals surface area contributed by atoms with Gasteiger partial charge in [0.05, 0.1) is 0 Å². The molecule has 0 amide bonds. The van der Waals surface area contributed by atoms with E-state index in [0.717, 1.165) is 0 Å². The molecule has 0 aromatic carbocycles. The van der Waals surface area contributed by atoms with E-state index in [1.165, 1.54) is 10.6 Å². The maximum absolute atomic E-state index is 2.19. The zero-order chi connectivity index (χ0) is 6.85. The molecule has 0 bridgehead atoms. The third-order valence-electron chi connectivity index (χ3n) is 1.23. The van der Waals surface area contributed by atoms with Crippen molar-refractivity contribution in [2.24, 2.45) is 0 Å². The molecule has 0 saturated heterocycles. The van der Waals surface area contributed by atoms with Crippen molar-refractivity contribution in [3.63, 3.8) is 0 Å². The van der Waals surface area contributed by atoms with E-state index >= 15 is 0 Å². The summed E-state index contributed by atoms with van der Waals surface area (Å²) in [6.45, 7) is 2.12. The molecule has 9 heavy (non-hydrogen) atoms. The van der Waals surface area contributed by atoms with E-state index in [2.05, 4.69) is 37.4 Å². The molecular weight excluding hydrogens is 130 g/mol. The van der Waals surface area contributed by atoms with Gasteiger partial charge in [-0.25, -0.2) is 0 Å². The summed E-state index contributed by atoms with van der Waals surface area (Å²) in [5.41, 5.74) is 1.30. The number of anilines is 1. The SMILES string of the molecule is Cc1cc(N(C)C)cs1. The fourth-order valence-corrected chi connectivity index (χ4v) is 1.44. The first-order valence-corrected chi connectivity index (χ1v) is 3.80. The Bertz CT molecular complexity index is 191. The van der Waals surface area contributed by atoms with Gasteiger partial charge in [0.25, 0.3) is 0 Å². The molecule has 0 unspecified atom stereocenters. The van der Waals surface area contributed by atoms with Gasteiger partial charge < -0.3 is 4.90 Å². The topological polar surface area (TPSA) is 3.24 Å². The van der Waals surface area contributed by atoms with E-state index in [1.54, 1.807) is 11.3 Å². The third-order valence-corrected chi connectivity index (χ3v) is 2.08. The highest BCUT2D eigenvalue weighted by atomic mass is 32.1. The molecule has 0 radical (unpaired) electrons. The summed E-state index contributed by atoms with van der Waals surface area (Å²) in [5, 5.41) is 2.16. The van der Waals surface area contributed by atoms with E-state index in [4.69, 9.17) is 0 Å². The van der Waals surface area contributed by atoms with E-state index < -0.39 is 0 Å². The smallest absolute Gasteiger partial charge is 0.0472 e. The minimum Gasteiger partial charge on any atom is -0.377 e. The van der Waals surface area contributed by atoms with E-state index in [1.807, 2.05) is 0 Å². The highest BCUT2D eigenvalue weighted by molar-refractivity contribution is 7.10. The number of nitrogens with zero attached hydrogens (tertiary/aromatic N) is 1. The molecule has 0 N–H and O–H groups in total. The summed E-state index contributed by atoms with van der Waals surface area (Å²) in [6.07, 6.45) is 0. The van der Waals surface area contributed by atoms with Crippen LogP contribution >= 0.6 is 11.3 Å². The van der Waals surface area contributed by atoms with Gasteiger partial charge in [-0.1, -0.05) is 0 Å². The quantitative estimate of drug-likeness (QED) is 0.579. The predicted molar refractivity (Wildman–Crippen MR) is 43.4 cm³/mol. The van der Waals surface area contributed by atoms with Crippen molar-refractivity contribution in [3.05, 3.63) is 16.3 Å². The Hall–Kier alpha value is -0.500. The zero-order valence-corrected chi connectivity index (χ0v) is 6.83. The number of hydrogen-bond acceptors (Lipinski definition) is 2. The average molecular weight is 141 g/mol. The van der Waals surface area contributed by atoms with Crippen molar-refractivity contribution >= 4 is 17.0 Å². The maximum atomic E-state index is 2.19. The molecule has 2 heteroatoms. The normalized spacial score (nSPS) is 9.67. The Morgan fingerprint density at radius 1 is 1.44 bits per heavy atom. The molecule has 1 rings (SSSR count). The molecule has 0 fully saturated rings. The second-order valence-corrected chi connectivity index (χ2v) is 3.43. The number of rotatable bonds is 1. The van der Waals surface area contributed by atoms with Crippen LogP contribution in [0.3, 0.4) is 0 Å². The highest BCUT2D eigenvalue weighted by Crippen LogP contribution is 2.19. The molecule has 1 heterocycles. The number of hydrogen-bond donors (Lipinski definition) is 0. The van der Waals surface area contributed by atoms with Crippen molar-refractivity contribution in [1.29, 1.82) is 0 Å². The van der Waals surface area contributed by atoms with Crippen LogP contribution in [0, 0.1) is 6.92 Å². The average Bonchev–Trinajstić information content (AvgIpc) is 2.14. The van der Waals surface area contributed by atoms with Gasteiger partial charge in [-0.2, -0.15) is 0 Å². The van der Waals surface area contributed by atoms with Crippen LogP contribution in [-0.2, 0) is 0 Å². The summed E-state index contributed by atoms with van der Waals surface area (Å²) < 4.78 is 0. The van der Waals surface area contributed by atoms with Crippen LogP contribution in [0.2, 0.25) is 0 Å². The fraction of sp³-hybridized carbons (Fsp3) is 0.429. The molecule has 1 nitrogen and oxygen atoms in total. The maximum Gasteiger partial charge on any atom is 0.0472 e. The fourth-order valence-electron chi connectivity index (χ4n) is 0.664. The first kappa shape index (κ1) is 6.62. The zero-order valence-electron chi connectivity index (χ0n) is 6.01. The van der Waals surface area contributed by atoms with Gasteiger partial charge in [-0.05, 0) is 13.0 Å². The lowest BCUT2D eigenvalue weighted by Gasteiger charge is -2.07. The van der Waals surface area contributed by atoms with Crippen LogP contribution in [0.5, 0.6) is 0 Å². The Labute approximate surface area is 59.9 Å². The second-order valence-electron chi connectivity index (χ2n) is 2.31. The van der Waals surface area contributed by atoms with Crippen LogP contribution in [0.25, 0.3) is 0 Å². The lowest BCUT2D eigenvalue weighted by molar-refractivity contribution is 1.14. The first-order chi connectivity index (χ1) is 4.20. The second kappa shape index (κ2) is 2.40. The summed E-state index contributed by atoms with van der Waals surface area (Å²) in [6, 6.07) is 2.19. The van der Waals surface area contributed by atoms with Gasteiger partial charge in [0.1, 0.15) is 0 Å². The molecule has 1 aromatic rings. The molecule has 0 aliphatic heterocycles. The van der Waals surface area contributed by atoms with Gasteiger partial charge in [0.15, 0.2) is 0 Å². The van der Waals surface area contributed by atoms with Gasteiger partial charge in [0.2, 0.25) is 0 Å². The van der Waals surface area contributed by atoms with Gasteiger partial charge >= 0.3 is 0 Å². The lowest BCUT2D eigenvalue weighted by atomic mass is 10.4. The predicted octanol–water partition coefficient (Wildman–Crippen LogP) is 2.12. The van der Waals surface area contributed by atoms with Crippen LogP contribution in [0.4, 0.5) is 5.69 Å². The summed E-state index contributed by atoms with van der Waals surface area (Å²) in [4.78, 5) is 3.49. The molecule has 0 spiro atoms. The van der Waals surface area contributed by atoms with Crippen LogP contribution in [0.1, 0.15) is 4.88 Å². The summed E-state index contributed by atoms with van der Waals surface area (Å²) in [7, 11) is 4.11. The minimum atomic E-state index is 1.30. The Morgan fingerprint density at radius 3 is 2.33 bits per heavy atom. The van der Waals surface area contributed by atoms with E-state index in [9.17, 15) is 0 Å². The Kier molecular flexibility index (Phi) is 1.76. The van der Waals surface area contributed by atoms with Crippen LogP contribution in [-0.4, -0.2) is 14.1 Å². The lowest BCUT2D eigenvalue weighted by Crippen LogP contribution is -2.06. The number of thiophene rings is 1.